The van der Waals surface area contributed by atoms with Crippen LogP contribution in [0.15, 0.2) is 54.9 Å². The number of carbonyl (C=O) groups excluding carboxylic acids is 1. The van der Waals surface area contributed by atoms with Gasteiger partial charge >= 0.3 is 0 Å². The first-order valence-corrected chi connectivity index (χ1v) is 8.98. The molecule has 1 amide bonds. The van der Waals surface area contributed by atoms with Crippen LogP contribution in [0.5, 0.6) is 0 Å². The third kappa shape index (κ3) is 2.93. The molecule has 4 aromatic rings. The van der Waals surface area contributed by atoms with Crippen molar-refractivity contribution in [3.05, 3.63) is 66.4 Å². The van der Waals surface area contributed by atoms with Gasteiger partial charge in [0, 0.05) is 35.9 Å². The van der Waals surface area contributed by atoms with Crippen molar-refractivity contribution in [3.8, 4) is 11.1 Å². The van der Waals surface area contributed by atoms with Crippen molar-refractivity contribution in [2.75, 3.05) is 18.4 Å². The van der Waals surface area contributed by atoms with Crippen molar-refractivity contribution in [1.82, 2.24) is 25.3 Å². The Kier molecular flexibility index (Phi) is 3.91. The third-order valence-corrected chi connectivity index (χ3v) is 4.95. The standard InChI is InChI=1S/C20H17FN6O/c21-14-2-4-15(5-3-14)24-20(28)19-17-7-12(1-6-18(17)25-26-19)13-8-23-27(11-13)16-9-22-10-16/h1-8,11,16,22H,9-10H2,(H,24,28)(H,25,26). The van der Waals surface area contributed by atoms with E-state index in [1.54, 1.807) is 0 Å². The first kappa shape index (κ1) is 16.6. The zero-order valence-corrected chi connectivity index (χ0v) is 14.8. The number of amides is 1. The lowest BCUT2D eigenvalue weighted by molar-refractivity contribution is 0.102. The molecule has 3 N–H and O–H groups in total. The number of fused-ring (bicyclic) bond motifs is 1. The van der Waals surface area contributed by atoms with E-state index in [1.165, 1.54) is 24.3 Å². The highest BCUT2D eigenvalue weighted by Gasteiger charge is 2.20. The highest BCUT2D eigenvalue weighted by Crippen LogP contribution is 2.26. The van der Waals surface area contributed by atoms with Crippen molar-refractivity contribution < 1.29 is 9.18 Å². The van der Waals surface area contributed by atoms with E-state index in [0.717, 1.165) is 35.1 Å². The zero-order chi connectivity index (χ0) is 19.1. The van der Waals surface area contributed by atoms with E-state index in [4.69, 9.17) is 0 Å². The number of aromatic amines is 1. The second-order valence-electron chi connectivity index (χ2n) is 6.81. The van der Waals surface area contributed by atoms with E-state index < -0.39 is 0 Å². The predicted molar refractivity (Wildman–Crippen MR) is 104 cm³/mol. The number of aromatic nitrogens is 4. The molecule has 1 aliphatic rings. The van der Waals surface area contributed by atoms with Crippen LogP contribution in [0.2, 0.25) is 0 Å². The Morgan fingerprint density at radius 2 is 1.96 bits per heavy atom. The van der Waals surface area contributed by atoms with Crippen LogP contribution in [0.25, 0.3) is 22.0 Å². The van der Waals surface area contributed by atoms with E-state index in [0.29, 0.717) is 11.7 Å². The summed E-state index contributed by atoms with van der Waals surface area (Å²) < 4.78 is 15.0. The van der Waals surface area contributed by atoms with Gasteiger partial charge in [-0.25, -0.2) is 4.39 Å². The van der Waals surface area contributed by atoms with Crippen LogP contribution < -0.4 is 10.6 Å². The average Bonchev–Trinajstić information content (AvgIpc) is 3.29. The molecule has 7 nitrogen and oxygen atoms in total. The van der Waals surface area contributed by atoms with Gasteiger partial charge in [-0.1, -0.05) is 6.07 Å². The van der Waals surface area contributed by atoms with E-state index in [-0.39, 0.29) is 17.4 Å². The van der Waals surface area contributed by atoms with Crippen LogP contribution in [-0.2, 0) is 0 Å². The topological polar surface area (TPSA) is 87.6 Å². The molecule has 3 heterocycles. The lowest BCUT2D eigenvalue weighted by Crippen LogP contribution is -2.43. The first-order valence-electron chi connectivity index (χ1n) is 8.98. The minimum atomic E-state index is -0.355. The molecule has 28 heavy (non-hydrogen) atoms. The van der Waals surface area contributed by atoms with Gasteiger partial charge in [-0.2, -0.15) is 10.2 Å². The molecule has 8 heteroatoms. The minimum Gasteiger partial charge on any atom is -0.321 e. The van der Waals surface area contributed by atoms with Gasteiger partial charge in [-0.05, 0) is 42.0 Å². The summed E-state index contributed by atoms with van der Waals surface area (Å²) in [5.41, 5.74) is 3.51. The number of nitrogens with one attached hydrogen (secondary N) is 3. The van der Waals surface area contributed by atoms with Gasteiger partial charge < -0.3 is 10.6 Å². The van der Waals surface area contributed by atoms with Crippen LogP contribution in [0, 0.1) is 5.82 Å². The molecule has 0 atom stereocenters. The first-order chi connectivity index (χ1) is 13.7. The number of carbonyl (C=O) groups is 1. The molecular weight excluding hydrogens is 359 g/mol. The van der Waals surface area contributed by atoms with Gasteiger partial charge in [-0.3, -0.25) is 14.6 Å². The maximum absolute atomic E-state index is 13.0. The Morgan fingerprint density at radius 3 is 2.71 bits per heavy atom. The lowest BCUT2D eigenvalue weighted by Gasteiger charge is -2.27. The maximum Gasteiger partial charge on any atom is 0.276 e. The van der Waals surface area contributed by atoms with Crippen LogP contribution in [0.4, 0.5) is 10.1 Å². The summed E-state index contributed by atoms with van der Waals surface area (Å²) in [5, 5.41) is 18.2. The summed E-state index contributed by atoms with van der Waals surface area (Å²) in [5.74, 6) is -0.711. The fraction of sp³-hybridized carbons (Fsp3) is 0.150. The summed E-state index contributed by atoms with van der Waals surface area (Å²) >= 11 is 0. The van der Waals surface area contributed by atoms with Gasteiger partial charge in [0.05, 0.1) is 17.8 Å². The molecule has 140 valence electrons. The van der Waals surface area contributed by atoms with Crippen molar-refractivity contribution in [1.29, 1.82) is 0 Å². The number of nitrogens with zero attached hydrogens (tertiary/aromatic N) is 3. The number of rotatable bonds is 4. The summed E-state index contributed by atoms with van der Waals surface area (Å²) in [6.07, 6.45) is 3.85. The van der Waals surface area contributed by atoms with Gasteiger partial charge in [0.2, 0.25) is 0 Å². The molecule has 0 aliphatic carbocycles. The van der Waals surface area contributed by atoms with Crippen LogP contribution in [0.3, 0.4) is 0 Å². The van der Waals surface area contributed by atoms with Crippen LogP contribution in [-0.4, -0.2) is 39.0 Å². The van der Waals surface area contributed by atoms with Gasteiger partial charge in [0.1, 0.15) is 5.82 Å². The fourth-order valence-corrected chi connectivity index (χ4v) is 3.24. The average molecular weight is 376 g/mol. The fourth-order valence-electron chi connectivity index (χ4n) is 3.24. The minimum absolute atomic E-state index is 0.289. The third-order valence-electron chi connectivity index (χ3n) is 4.95. The molecule has 5 rings (SSSR count). The normalized spacial score (nSPS) is 14.2. The van der Waals surface area contributed by atoms with E-state index in [2.05, 4.69) is 25.9 Å². The number of hydrogen-bond donors (Lipinski definition) is 3. The Labute approximate surface area is 159 Å². The SMILES string of the molecule is O=C(Nc1ccc(F)cc1)c1n[nH]c2ccc(-c3cnn(C4CNC4)c3)cc12. The van der Waals surface area contributed by atoms with E-state index >= 15 is 0 Å². The Bertz CT molecular complexity index is 1160. The molecule has 1 fully saturated rings. The molecule has 2 aromatic heterocycles. The molecule has 0 saturated carbocycles. The predicted octanol–water partition coefficient (Wildman–Crippen LogP) is 2.96. The van der Waals surface area contributed by atoms with Crippen LogP contribution in [0.1, 0.15) is 16.5 Å². The molecular formula is C20H17FN6O. The van der Waals surface area contributed by atoms with Crippen molar-refractivity contribution in [2.45, 2.75) is 6.04 Å². The highest BCUT2D eigenvalue weighted by molar-refractivity contribution is 6.11. The lowest BCUT2D eigenvalue weighted by atomic mass is 10.1. The smallest absolute Gasteiger partial charge is 0.276 e. The quantitative estimate of drug-likeness (QED) is 0.511. The maximum atomic E-state index is 13.0. The number of anilines is 1. The van der Waals surface area contributed by atoms with Gasteiger partial charge in [0.25, 0.3) is 5.91 Å². The number of H-pyrrole nitrogens is 1. The zero-order valence-electron chi connectivity index (χ0n) is 14.8. The highest BCUT2D eigenvalue weighted by atomic mass is 19.1. The largest absolute Gasteiger partial charge is 0.321 e. The van der Waals surface area contributed by atoms with Crippen molar-refractivity contribution in [3.63, 3.8) is 0 Å². The Morgan fingerprint density at radius 1 is 1.14 bits per heavy atom. The molecule has 0 unspecified atom stereocenters. The molecule has 0 radical (unpaired) electrons. The van der Waals surface area contributed by atoms with Crippen molar-refractivity contribution >= 4 is 22.5 Å². The summed E-state index contributed by atoms with van der Waals surface area (Å²) in [7, 11) is 0. The monoisotopic (exact) mass is 376 g/mol. The molecule has 1 saturated heterocycles. The van der Waals surface area contributed by atoms with E-state index in [9.17, 15) is 9.18 Å². The van der Waals surface area contributed by atoms with Gasteiger partial charge in [-0.15, -0.1) is 0 Å². The van der Waals surface area contributed by atoms with Crippen LogP contribution >= 0.6 is 0 Å². The Balaban J connectivity index is 1.45. The second-order valence-corrected chi connectivity index (χ2v) is 6.81. The number of hydrogen-bond acceptors (Lipinski definition) is 4. The number of benzene rings is 2. The number of halogens is 1. The molecule has 0 spiro atoms. The molecule has 1 aliphatic heterocycles. The van der Waals surface area contributed by atoms with Crippen molar-refractivity contribution in [2.24, 2.45) is 0 Å². The summed E-state index contributed by atoms with van der Waals surface area (Å²) in [6, 6.07) is 11.8. The summed E-state index contributed by atoms with van der Waals surface area (Å²) in [6.45, 7) is 1.85. The second kappa shape index (κ2) is 6.58. The molecule has 0 bridgehead atoms. The van der Waals surface area contributed by atoms with E-state index in [1.807, 2.05) is 35.3 Å². The Hall–Kier alpha value is -3.52. The summed E-state index contributed by atoms with van der Waals surface area (Å²) in [4.78, 5) is 12.7. The molecule has 2 aromatic carbocycles. The van der Waals surface area contributed by atoms with Gasteiger partial charge in [0.15, 0.2) is 5.69 Å².